The van der Waals surface area contributed by atoms with E-state index in [1.807, 2.05) is 52.0 Å². The van der Waals surface area contributed by atoms with Crippen LogP contribution in [0.15, 0.2) is 24.3 Å². The highest BCUT2D eigenvalue weighted by Gasteiger charge is 2.07. The predicted molar refractivity (Wildman–Crippen MR) is 80.4 cm³/mol. The van der Waals surface area contributed by atoms with Crippen LogP contribution in [0.2, 0.25) is 0 Å². The number of carbonyl (C=O) groups excluding carboxylic acids is 2. The van der Waals surface area contributed by atoms with E-state index in [2.05, 4.69) is 10.6 Å². The Balaban J connectivity index is 2.52. The maximum Gasteiger partial charge on any atom is 0.224 e. The molecule has 1 aromatic carbocycles. The molecule has 20 heavy (non-hydrogen) atoms. The van der Waals surface area contributed by atoms with Gasteiger partial charge in [-0.15, -0.1) is 0 Å². The van der Waals surface area contributed by atoms with Crippen LogP contribution in [0.3, 0.4) is 0 Å². The van der Waals surface area contributed by atoms with E-state index < -0.39 is 0 Å². The summed E-state index contributed by atoms with van der Waals surface area (Å²) in [5.74, 6) is 0.0376. The van der Waals surface area contributed by atoms with Gasteiger partial charge in [-0.05, 0) is 38.8 Å². The summed E-state index contributed by atoms with van der Waals surface area (Å²) in [6.07, 6.45) is 0.743. The molecule has 0 aliphatic rings. The first-order valence-electron chi connectivity index (χ1n) is 7.03. The molecule has 4 heteroatoms. The lowest BCUT2D eigenvalue weighted by atomic mass is 10.1. The van der Waals surface area contributed by atoms with Gasteiger partial charge < -0.3 is 10.6 Å². The molecule has 0 saturated heterocycles. The molecule has 1 rings (SSSR count). The Hall–Kier alpha value is -1.84. The van der Waals surface area contributed by atoms with E-state index in [4.69, 9.17) is 0 Å². The molecule has 0 aliphatic heterocycles. The van der Waals surface area contributed by atoms with Crippen molar-refractivity contribution in [2.45, 2.75) is 52.6 Å². The van der Waals surface area contributed by atoms with Gasteiger partial charge in [0.1, 0.15) is 0 Å². The maximum atomic E-state index is 11.6. The zero-order chi connectivity index (χ0) is 15.1. The SMILES string of the molecule is CC(C)NC(=O)Cc1ccc(CC(=O)NC(C)C)cc1. The fourth-order valence-corrected chi connectivity index (χ4v) is 1.89. The average molecular weight is 276 g/mol. The second kappa shape index (κ2) is 7.68. The number of benzene rings is 1. The Kier molecular flexibility index (Phi) is 6.22. The summed E-state index contributed by atoms with van der Waals surface area (Å²) < 4.78 is 0. The largest absolute Gasteiger partial charge is 0.354 e. The minimum Gasteiger partial charge on any atom is -0.354 e. The molecule has 0 spiro atoms. The van der Waals surface area contributed by atoms with E-state index in [0.717, 1.165) is 11.1 Å². The molecule has 0 saturated carbocycles. The number of carbonyl (C=O) groups is 2. The van der Waals surface area contributed by atoms with Crippen molar-refractivity contribution >= 4 is 11.8 Å². The number of rotatable bonds is 6. The number of amides is 2. The summed E-state index contributed by atoms with van der Waals surface area (Å²) >= 11 is 0. The Labute approximate surface area is 121 Å². The van der Waals surface area contributed by atoms with E-state index >= 15 is 0 Å². The summed E-state index contributed by atoms with van der Waals surface area (Å²) in [6, 6.07) is 7.91. The predicted octanol–water partition coefficient (Wildman–Crippen LogP) is 1.82. The van der Waals surface area contributed by atoms with Crippen LogP contribution < -0.4 is 10.6 Å². The molecule has 0 atom stereocenters. The van der Waals surface area contributed by atoms with Gasteiger partial charge >= 0.3 is 0 Å². The van der Waals surface area contributed by atoms with Crippen LogP contribution in [0.4, 0.5) is 0 Å². The van der Waals surface area contributed by atoms with E-state index in [1.165, 1.54) is 0 Å². The highest BCUT2D eigenvalue weighted by atomic mass is 16.2. The summed E-state index contributed by atoms with van der Waals surface area (Å²) in [5, 5.41) is 5.71. The van der Waals surface area contributed by atoms with Crippen LogP contribution >= 0.6 is 0 Å². The summed E-state index contributed by atoms with van der Waals surface area (Å²) in [5.41, 5.74) is 1.91. The summed E-state index contributed by atoms with van der Waals surface area (Å²) in [7, 11) is 0. The third-order valence-corrected chi connectivity index (χ3v) is 2.65. The first-order chi connectivity index (χ1) is 9.36. The van der Waals surface area contributed by atoms with Crippen LogP contribution in [0, 0.1) is 0 Å². The number of nitrogens with one attached hydrogen (secondary N) is 2. The summed E-state index contributed by atoms with van der Waals surface area (Å²) in [6.45, 7) is 7.76. The van der Waals surface area contributed by atoms with Crippen molar-refractivity contribution in [2.75, 3.05) is 0 Å². The van der Waals surface area contributed by atoms with Crippen molar-refractivity contribution < 1.29 is 9.59 Å². The van der Waals surface area contributed by atoms with Gasteiger partial charge in [-0.1, -0.05) is 24.3 Å². The van der Waals surface area contributed by atoms with Gasteiger partial charge in [-0.2, -0.15) is 0 Å². The lowest BCUT2D eigenvalue weighted by molar-refractivity contribution is -0.121. The topological polar surface area (TPSA) is 58.2 Å². The monoisotopic (exact) mass is 276 g/mol. The van der Waals surface area contributed by atoms with Gasteiger partial charge in [-0.3, -0.25) is 9.59 Å². The highest BCUT2D eigenvalue weighted by Crippen LogP contribution is 2.06. The quantitative estimate of drug-likeness (QED) is 0.832. The molecule has 0 aromatic heterocycles. The average Bonchev–Trinajstić information content (AvgIpc) is 2.29. The first-order valence-corrected chi connectivity index (χ1v) is 7.03. The van der Waals surface area contributed by atoms with Gasteiger partial charge in [0.15, 0.2) is 0 Å². The van der Waals surface area contributed by atoms with Crippen molar-refractivity contribution in [3.63, 3.8) is 0 Å². The van der Waals surface area contributed by atoms with Crippen molar-refractivity contribution in [3.8, 4) is 0 Å². The van der Waals surface area contributed by atoms with Gasteiger partial charge in [0, 0.05) is 12.1 Å². The normalized spacial score (nSPS) is 10.7. The molecule has 0 heterocycles. The fraction of sp³-hybridized carbons (Fsp3) is 0.500. The van der Waals surface area contributed by atoms with Crippen molar-refractivity contribution in [3.05, 3.63) is 35.4 Å². The van der Waals surface area contributed by atoms with Crippen LogP contribution in [0.25, 0.3) is 0 Å². The second-order valence-electron chi connectivity index (χ2n) is 5.61. The van der Waals surface area contributed by atoms with E-state index in [9.17, 15) is 9.59 Å². The zero-order valence-electron chi connectivity index (χ0n) is 12.7. The van der Waals surface area contributed by atoms with Crippen molar-refractivity contribution in [2.24, 2.45) is 0 Å². The lowest BCUT2D eigenvalue weighted by Crippen LogP contribution is -2.31. The van der Waals surface area contributed by atoms with Gasteiger partial charge in [-0.25, -0.2) is 0 Å². The van der Waals surface area contributed by atoms with E-state index in [-0.39, 0.29) is 23.9 Å². The first kappa shape index (κ1) is 16.2. The Morgan fingerprint density at radius 3 is 1.35 bits per heavy atom. The molecule has 0 bridgehead atoms. The highest BCUT2D eigenvalue weighted by molar-refractivity contribution is 5.79. The van der Waals surface area contributed by atoms with E-state index in [0.29, 0.717) is 12.8 Å². The Bertz CT molecular complexity index is 407. The van der Waals surface area contributed by atoms with Crippen molar-refractivity contribution in [1.82, 2.24) is 10.6 Å². The molecule has 4 nitrogen and oxygen atoms in total. The Morgan fingerprint density at radius 1 is 0.800 bits per heavy atom. The molecule has 1 aromatic rings. The minimum absolute atomic E-state index is 0.0188. The number of hydrogen-bond donors (Lipinski definition) is 2. The lowest BCUT2D eigenvalue weighted by Gasteiger charge is -2.10. The molecule has 0 radical (unpaired) electrons. The van der Waals surface area contributed by atoms with Crippen LogP contribution in [0.5, 0.6) is 0 Å². The van der Waals surface area contributed by atoms with Gasteiger partial charge in [0.05, 0.1) is 12.8 Å². The molecule has 0 fully saturated rings. The third kappa shape index (κ3) is 6.36. The molecule has 0 aliphatic carbocycles. The van der Waals surface area contributed by atoms with Gasteiger partial charge in [0.25, 0.3) is 0 Å². The molecule has 110 valence electrons. The van der Waals surface area contributed by atoms with Crippen LogP contribution in [-0.4, -0.2) is 23.9 Å². The number of hydrogen-bond acceptors (Lipinski definition) is 2. The molecule has 2 amide bonds. The Morgan fingerprint density at radius 2 is 1.10 bits per heavy atom. The minimum atomic E-state index is 0.0188. The van der Waals surface area contributed by atoms with E-state index in [1.54, 1.807) is 0 Å². The third-order valence-electron chi connectivity index (χ3n) is 2.65. The molecular formula is C16H24N2O2. The van der Waals surface area contributed by atoms with Crippen molar-refractivity contribution in [1.29, 1.82) is 0 Å². The standard InChI is InChI=1S/C16H24N2O2/c1-11(2)17-15(19)9-13-5-7-14(8-6-13)10-16(20)18-12(3)4/h5-8,11-12H,9-10H2,1-4H3,(H,17,19)(H,18,20). The van der Waals surface area contributed by atoms with Crippen LogP contribution in [-0.2, 0) is 22.4 Å². The summed E-state index contributed by atoms with van der Waals surface area (Å²) in [4.78, 5) is 23.3. The molecular weight excluding hydrogens is 252 g/mol. The maximum absolute atomic E-state index is 11.6. The molecule has 2 N–H and O–H groups in total. The fourth-order valence-electron chi connectivity index (χ4n) is 1.89. The zero-order valence-corrected chi connectivity index (χ0v) is 12.7. The molecule has 0 unspecified atom stereocenters. The smallest absolute Gasteiger partial charge is 0.224 e. The van der Waals surface area contributed by atoms with Gasteiger partial charge in [0.2, 0.25) is 11.8 Å². The van der Waals surface area contributed by atoms with Crippen LogP contribution in [0.1, 0.15) is 38.8 Å². The second-order valence-corrected chi connectivity index (χ2v) is 5.61.